The first-order valence-electron chi connectivity index (χ1n) is 6.81. The summed E-state index contributed by atoms with van der Waals surface area (Å²) in [5, 5.41) is 10.8. The molecule has 3 rings (SSSR count). The Bertz CT molecular complexity index is 876. The van der Waals surface area contributed by atoms with Gasteiger partial charge in [0.2, 0.25) is 0 Å². The zero-order valence-electron chi connectivity index (χ0n) is 11.8. The first kappa shape index (κ1) is 15.9. The van der Waals surface area contributed by atoms with E-state index in [-0.39, 0.29) is 12.2 Å². The van der Waals surface area contributed by atoms with E-state index in [1.54, 1.807) is 18.2 Å². The van der Waals surface area contributed by atoms with Crippen molar-refractivity contribution in [1.29, 1.82) is 5.26 Å². The molecule has 0 radical (unpaired) electrons. The topological polar surface area (TPSA) is 53.8 Å². The number of benzene rings is 2. The number of carbonyl (C=O) groups excluding carboxylic acids is 1. The van der Waals surface area contributed by atoms with Gasteiger partial charge in [0.05, 0.1) is 16.3 Å². The lowest BCUT2D eigenvalue weighted by atomic mass is 9.99. The van der Waals surface area contributed by atoms with Crippen LogP contribution in [0.2, 0.25) is 10.0 Å². The molecule has 0 aliphatic rings. The van der Waals surface area contributed by atoms with Gasteiger partial charge in [-0.2, -0.15) is 5.26 Å². The summed E-state index contributed by atoms with van der Waals surface area (Å²) in [6.07, 6.45) is 0.00661. The molecule has 0 fully saturated rings. The molecule has 1 aromatic heterocycles. The zero-order valence-corrected chi connectivity index (χ0v) is 14.1. The Labute approximate surface area is 147 Å². The minimum atomic E-state index is -0.917. The maximum absolute atomic E-state index is 12.6. The number of ketones is 1. The molecule has 6 heteroatoms. The molecule has 2 aromatic carbocycles. The Morgan fingerprint density at radius 2 is 1.87 bits per heavy atom. The van der Waals surface area contributed by atoms with Gasteiger partial charge in [0.1, 0.15) is 5.01 Å². The van der Waals surface area contributed by atoms with E-state index in [1.165, 1.54) is 11.3 Å². The number of para-hydroxylation sites is 1. The molecule has 0 N–H and O–H groups in total. The van der Waals surface area contributed by atoms with Crippen molar-refractivity contribution in [3.05, 3.63) is 63.1 Å². The highest BCUT2D eigenvalue weighted by Crippen LogP contribution is 2.31. The summed E-state index contributed by atoms with van der Waals surface area (Å²) < 4.78 is 0.950. The Morgan fingerprint density at radius 1 is 1.17 bits per heavy atom. The SMILES string of the molecule is N#CC(C(=O)Cc1c(Cl)cccc1Cl)c1nc2ccccc2s1. The van der Waals surface area contributed by atoms with Crippen LogP contribution in [0.5, 0.6) is 0 Å². The van der Waals surface area contributed by atoms with E-state index in [0.717, 1.165) is 10.2 Å². The third kappa shape index (κ3) is 3.23. The number of hydrogen-bond acceptors (Lipinski definition) is 4. The molecule has 0 amide bonds. The van der Waals surface area contributed by atoms with Crippen molar-refractivity contribution < 1.29 is 4.79 Å². The van der Waals surface area contributed by atoms with E-state index < -0.39 is 5.92 Å². The first-order valence-corrected chi connectivity index (χ1v) is 8.38. The Hall–Kier alpha value is -1.93. The van der Waals surface area contributed by atoms with Crippen LogP contribution in [0, 0.1) is 11.3 Å². The smallest absolute Gasteiger partial charge is 0.161 e. The molecule has 0 spiro atoms. The molecule has 0 saturated heterocycles. The largest absolute Gasteiger partial charge is 0.297 e. The predicted octanol–water partition coefficient (Wildman–Crippen LogP) is 5.02. The number of halogens is 2. The standard InChI is InChI=1S/C17H10Cl2N2OS/c18-12-4-3-5-13(19)10(12)8-15(22)11(9-20)17-21-14-6-1-2-7-16(14)23-17/h1-7,11H,8H2. The molecule has 23 heavy (non-hydrogen) atoms. The number of aromatic nitrogens is 1. The number of rotatable bonds is 4. The number of fused-ring (bicyclic) bond motifs is 1. The molecule has 114 valence electrons. The summed E-state index contributed by atoms with van der Waals surface area (Å²) in [6, 6.07) is 14.7. The fraction of sp³-hybridized carbons (Fsp3) is 0.118. The van der Waals surface area contributed by atoms with E-state index in [4.69, 9.17) is 23.2 Å². The van der Waals surface area contributed by atoms with Crippen LogP contribution in [0.3, 0.4) is 0 Å². The van der Waals surface area contributed by atoms with Crippen molar-refractivity contribution in [3.63, 3.8) is 0 Å². The van der Waals surface area contributed by atoms with E-state index in [9.17, 15) is 10.1 Å². The van der Waals surface area contributed by atoms with Crippen LogP contribution in [-0.4, -0.2) is 10.8 Å². The van der Waals surface area contributed by atoms with Crippen LogP contribution >= 0.6 is 34.5 Å². The quantitative estimate of drug-likeness (QED) is 0.655. The second-order valence-electron chi connectivity index (χ2n) is 4.93. The number of nitrogens with zero attached hydrogens (tertiary/aromatic N) is 2. The third-order valence-electron chi connectivity index (χ3n) is 3.42. The average molecular weight is 361 g/mol. The van der Waals surface area contributed by atoms with Crippen LogP contribution < -0.4 is 0 Å². The predicted molar refractivity (Wildman–Crippen MR) is 93.1 cm³/mol. The first-order chi connectivity index (χ1) is 11.1. The summed E-state index contributed by atoms with van der Waals surface area (Å²) in [5.41, 5.74) is 1.33. The molecule has 0 saturated carbocycles. The van der Waals surface area contributed by atoms with Gasteiger partial charge in [-0.15, -0.1) is 11.3 Å². The van der Waals surface area contributed by atoms with Crippen molar-refractivity contribution in [2.45, 2.75) is 12.3 Å². The molecule has 0 aliphatic heterocycles. The number of nitriles is 1. The van der Waals surface area contributed by atoms with Crippen molar-refractivity contribution in [2.24, 2.45) is 0 Å². The molecule has 3 aromatic rings. The zero-order chi connectivity index (χ0) is 16.4. The summed E-state index contributed by atoms with van der Waals surface area (Å²) in [6.45, 7) is 0. The molecule has 0 aliphatic carbocycles. The highest BCUT2D eigenvalue weighted by molar-refractivity contribution is 7.18. The molecular weight excluding hydrogens is 351 g/mol. The fourth-order valence-corrected chi connectivity index (χ4v) is 3.82. The molecule has 0 bridgehead atoms. The van der Waals surface area contributed by atoms with Gasteiger partial charge in [-0.05, 0) is 29.8 Å². The minimum absolute atomic E-state index is 0.00661. The van der Waals surface area contributed by atoms with Crippen LogP contribution in [0.1, 0.15) is 16.5 Å². The Balaban J connectivity index is 1.91. The van der Waals surface area contributed by atoms with E-state index in [1.807, 2.05) is 24.3 Å². The summed E-state index contributed by atoms with van der Waals surface area (Å²) in [5.74, 6) is -1.18. The molecule has 1 heterocycles. The van der Waals surface area contributed by atoms with Gasteiger partial charge in [-0.1, -0.05) is 41.4 Å². The summed E-state index contributed by atoms with van der Waals surface area (Å²) in [4.78, 5) is 17.0. The average Bonchev–Trinajstić information content (AvgIpc) is 2.95. The van der Waals surface area contributed by atoms with Gasteiger partial charge >= 0.3 is 0 Å². The summed E-state index contributed by atoms with van der Waals surface area (Å²) in [7, 11) is 0. The van der Waals surface area contributed by atoms with Crippen molar-refractivity contribution >= 4 is 50.5 Å². The Kier molecular flexibility index (Phi) is 4.63. The van der Waals surface area contributed by atoms with Gasteiger partial charge in [-0.25, -0.2) is 4.98 Å². The van der Waals surface area contributed by atoms with E-state index in [2.05, 4.69) is 11.1 Å². The van der Waals surface area contributed by atoms with Crippen LogP contribution in [0.15, 0.2) is 42.5 Å². The second-order valence-corrected chi connectivity index (χ2v) is 6.80. The highest BCUT2D eigenvalue weighted by Gasteiger charge is 2.25. The highest BCUT2D eigenvalue weighted by atomic mass is 35.5. The molecule has 1 unspecified atom stereocenters. The van der Waals surface area contributed by atoms with Gasteiger partial charge in [0.25, 0.3) is 0 Å². The van der Waals surface area contributed by atoms with Gasteiger partial charge in [0.15, 0.2) is 11.7 Å². The fourth-order valence-electron chi connectivity index (χ4n) is 2.26. The number of thiazole rings is 1. The van der Waals surface area contributed by atoms with Gasteiger partial charge in [0, 0.05) is 16.5 Å². The Morgan fingerprint density at radius 3 is 2.52 bits per heavy atom. The number of hydrogen-bond donors (Lipinski definition) is 0. The van der Waals surface area contributed by atoms with E-state index >= 15 is 0 Å². The maximum Gasteiger partial charge on any atom is 0.161 e. The molecular formula is C17H10Cl2N2OS. The lowest BCUT2D eigenvalue weighted by Crippen LogP contribution is -2.14. The van der Waals surface area contributed by atoms with Crippen molar-refractivity contribution in [1.82, 2.24) is 4.98 Å². The number of Topliss-reactive ketones (excluding diaryl/α,β-unsaturated/α-hetero) is 1. The van der Waals surface area contributed by atoms with Crippen molar-refractivity contribution in [2.75, 3.05) is 0 Å². The number of carbonyl (C=O) groups is 1. The van der Waals surface area contributed by atoms with Crippen LogP contribution in [0.4, 0.5) is 0 Å². The minimum Gasteiger partial charge on any atom is -0.297 e. The summed E-state index contributed by atoms with van der Waals surface area (Å²) >= 11 is 13.6. The van der Waals surface area contributed by atoms with E-state index in [0.29, 0.717) is 20.6 Å². The molecule has 3 nitrogen and oxygen atoms in total. The monoisotopic (exact) mass is 360 g/mol. The maximum atomic E-state index is 12.6. The van der Waals surface area contributed by atoms with Gasteiger partial charge < -0.3 is 0 Å². The van der Waals surface area contributed by atoms with Gasteiger partial charge in [-0.3, -0.25) is 4.79 Å². The van der Waals surface area contributed by atoms with Crippen LogP contribution in [0.25, 0.3) is 10.2 Å². The lowest BCUT2D eigenvalue weighted by molar-refractivity contribution is -0.118. The molecule has 1 atom stereocenters. The third-order valence-corrected chi connectivity index (χ3v) is 5.23. The van der Waals surface area contributed by atoms with Crippen LogP contribution in [-0.2, 0) is 11.2 Å². The van der Waals surface area contributed by atoms with Crippen molar-refractivity contribution in [3.8, 4) is 6.07 Å². The normalized spacial score (nSPS) is 12.0. The lowest BCUT2D eigenvalue weighted by Gasteiger charge is -2.08. The second kappa shape index (κ2) is 6.67.